The number of nitrogens with one attached hydrogen (secondary N) is 1. The fraction of sp³-hybridized carbons (Fsp3) is 0.231. The number of benzene rings is 1. The summed E-state index contributed by atoms with van der Waals surface area (Å²) in [6, 6.07) is 8.54. The van der Waals surface area contributed by atoms with Crippen LogP contribution in [0.2, 0.25) is 4.34 Å². The minimum atomic E-state index is -3.62. The van der Waals surface area contributed by atoms with Crippen molar-refractivity contribution in [2.24, 2.45) is 0 Å². The summed E-state index contributed by atoms with van der Waals surface area (Å²) in [5, 5.41) is 0. The topological polar surface area (TPSA) is 55.4 Å². The molecule has 0 radical (unpaired) electrons. The molecule has 1 N–H and O–H groups in total. The Kier molecular flexibility index (Phi) is 3.62. The molecule has 2 heterocycles. The zero-order valence-corrected chi connectivity index (χ0v) is 12.8. The average Bonchev–Trinajstić information content (AvgIpc) is 2.86. The van der Waals surface area contributed by atoms with Crippen LogP contribution in [0.15, 0.2) is 34.5 Å². The summed E-state index contributed by atoms with van der Waals surface area (Å²) in [4.78, 5) is 0. The summed E-state index contributed by atoms with van der Waals surface area (Å²) in [5.74, 6) is 0.630. The monoisotopic (exact) mass is 329 g/mol. The maximum Gasteiger partial charge on any atom is 0.271 e. The second-order valence-electron chi connectivity index (χ2n) is 4.41. The smallest absolute Gasteiger partial charge is 0.271 e. The SMILES string of the molecule is O=S(=O)(Nc1cccc2c1OCCC2)c1ccc(Cl)s1. The highest BCUT2D eigenvalue weighted by Gasteiger charge is 2.21. The predicted molar refractivity (Wildman–Crippen MR) is 80.4 cm³/mol. The highest BCUT2D eigenvalue weighted by atomic mass is 35.5. The lowest BCUT2D eigenvalue weighted by molar-refractivity contribution is 0.290. The average molecular weight is 330 g/mol. The van der Waals surface area contributed by atoms with Gasteiger partial charge in [0.05, 0.1) is 16.6 Å². The van der Waals surface area contributed by atoms with Gasteiger partial charge in [-0.3, -0.25) is 4.72 Å². The summed E-state index contributed by atoms with van der Waals surface area (Å²) in [5.41, 5.74) is 1.51. The molecule has 0 saturated carbocycles. The van der Waals surface area contributed by atoms with Gasteiger partial charge in [0, 0.05) is 0 Å². The number of fused-ring (bicyclic) bond motifs is 1. The molecule has 0 atom stereocenters. The number of hydrogen-bond donors (Lipinski definition) is 1. The van der Waals surface area contributed by atoms with Crippen LogP contribution >= 0.6 is 22.9 Å². The quantitative estimate of drug-likeness (QED) is 0.937. The van der Waals surface area contributed by atoms with Gasteiger partial charge < -0.3 is 4.74 Å². The molecule has 1 aliphatic rings. The van der Waals surface area contributed by atoms with E-state index in [1.165, 1.54) is 6.07 Å². The number of para-hydroxylation sites is 1. The van der Waals surface area contributed by atoms with Crippen molar-refractivity contribution in [1.82, 2.24) is 0 Å². The Morgan fingerprint density at radius 3 is 2.85 bits per heavy atom. The van der Waals surface area contributed by atoms with Crippen LogP contribution in [0.4, 0.5) is 5.69 Å². The van der Waals surface area contributed by atoms with E-state index in [1.807, 2.05) is 12.1 Å². The maximum atomic E-state index is 12.3. The van der Waals surface area contributed by atoms with Crippen molar-refractivity contribution in [1.29, 1.82) is 0 Å². The molecule has 7 heteroatoms. The highest BCUT2D eigenvalue weighted by molar-refractivity contribution is 7.94. The highest BCUT2D eigenvalue weighted by Crippen LogP contribution is 2.35. The Morgan fingerprint density at radius 2 is 2.10 bits per heavy atom. The van der Waals surface area contributed by atoms with Crippen molar-refractivity contribution in [2.45, 2.75) is 17.1 Å². The molecule has 20 heavy (non-hydrogen) atoms. The van der Waals surface area contributed by atoms with Crippen molar-refractivity contribution in [3.8, 4) is 5.75 Å². The molecule has 0 saturated heterocycles. The maximum absolute atomic E-state index is 12.3. The molecule has 1 aliphatic heterocycles. The van der Waals surface area contributed by atoms with Gasteiger partial charge >= 0.3 is 0 Å². The fourth-order valence-corrected chi connectivity index (χ4v) is 4.65. The summed E-state index contributed by atoms with van der Waals surface area (Å²) < 4.78 is 33.4. The van der Waals surface area contributed by atoms with E-state index in [1.54, 1.807) is 12.1 Å². The van der Waals surface area contributed by atoms with Gasteiger partial charge in [-0.25, -0.2) is 8.42 Å². The molecule has 0 spiro atoms. The predicted octanol–water partition coefficient (Wildman–Crippen LogP) is 3.53. The second kappa shape index (κ2) is 5.27. The van der Waals surface area contributed by atoms with E-state index in [9.17, 15) is 8.42 Å². The van der Waals surface area contributed by atoms with Crippen molar-refractivity contribution >= 4 is 38.6 Å². The first-order valence-electron chi connectivity index (χ1n) is 6.09. The Balaban J connectivity index is 1.95. The molecular weight excluding hydrogens is 318 g/mol. The van der Waals surface area contributed by atoms with Crippen LogP contribution in [0, 0.1) is 0 Å². The third-order valence-corrected chi connectivity index (χ3v) is 6.08. The largest absolute Gasteiger partial charge is 0.491 e. The number of rotatable bonds is 3. The Labute approximate surface area is 126 Å². The first kappa shape index (κ1) is 13.7. The van der Waals surface area contributed by atoms with Gasteiger partial charge in [0.25, 0.3) is 10.0 Å². The molecule has 0 unspecified atom stereocenters. The van der Waals surface area contributed by atoms with Crippen LogP contribution in [0.1, 0.15) is 12.0 Å². The Bertz CT molecular complexity index is 740. The lowest BCUT2D eigenvalue weighted by atomic mass is 10.1. The summed E-state index contributed by atoms with van der Waals surface area (Å²) in [6.07, 6.45) is 1.85. The van der Waals surface area contributed by atoms with Gasteiger partial charge in [0.15, 0.2) is 0 Å². The van der Waals surface area contributed by atoms with Crippen LogP contribution in [0.25, 0.3) is 0 Å². The van der Waals surface area contributed by atoms with E-state index in [0.717, 1.165) is 29.7 Å². The molecule has 2 aromatic rings. The number of hydrogen-bond acceptors (Lipinski definition) is 4. The van der Waals surface area contributed by atoms with Crippen LogP contribution in [-0.4, -0.2) is 15.0 Å². The molecule has 0 bridgehead atoms. The number of thiophene rings is 1. The van der Waals surface area contributed by atoms with E-state index in [0.29, 0.717) is 22.4 Å². The van der Waals surface area contributed by atoms with Crippen molar-refractivity contribution < 1.29 is 13.2 Å². The minimum Gasteiger partial charge on any atom is -0.491 e. The van der Waals surface area contributed by atoms with Crippen LogP contribution in [-0.2, 0) is 16.4 Å². The zero-order valence-electron chi connectivity index (χ0n) is 10.4. The van der Waals surface area contributed by atoms with Gasteiger partial charge in [-0.1, -0.05) is 23.7 Å². The molecule has 0 amide bonds. The normalized spacial score (nSPS) is 14.4. The van der Waals surface area contributed by atoms with E-state index in [-0.39, 0.29) is 4.21 Å². The van der Waals surface area contributed by atoms with Crippen molar-refractivity contribution in [2.75, 3.05) is 11.3 Å². The molecule has 1 aromatic heterocycles. The standard InChI is InChI=1S/C13H12ClNO3S2/c14-11-6-7-12(19-11)20(16,17)15-10-5-1-3-9-4-2-8-18-13(9)10/h1,3,5-7,15H,2,4,8H2. The first-order valence-corrected chi connectivity index (χ1v) is 8.77. The molecule has 1 aromatic carbocycles. The fourth-order valence-electron chi connectivity index (χ4n) is 2.11. The lowest BCUT2D eigenvalue weighted by Gasteiger charge is -2.20. The third-order valence-electron chi connectivity index (χ3n) is 2.99. The Morgan fingerprint density at radius 1 is 1.25 bits per heavy atom. The van der Waals surface area contributed by atoms with E-state index >= 15 is 0 Å². The lowest BCUT2D eigenvalue weighted by Crippen LogP contribution is -2.15. The van der Waals surface area contributed by atoms with Crippen molar-refractivity contribution in [3.63, 3.8) is 0 Å². The summed E-state index contributed by atoms with van der Waals surface area (Å²) in [7, 11) is -3.62. The van der Waals surface area contributed by atoms with Gasteiger partial charge in [0.2, 0.25) is 0 Å². The Hall–Kier alpha value is -1.24. The number of anilines is 1. The minimum absolute atomic E-state index is 0.191. The van der Waals surface area contributed by atoms with Crippen LogP contribution < -0.4 is 9.46 Å². The van der Waals surface area contributed by atoms with Gasteiger partial charge in [-0.15, -0.1) is 11.3 Å². The zero-order chi connectivity index (χ0) is 14.2. The van der Waals surface area contributed by atoms with E-state index in [4.69, 9.17) is 16.3 Å². The first-order chi connectivity index (χ1) is 9.56. The number of halogens is 1. The number of ether oxygens (including phenoxy) is 1. The summed E-state index contributed by atoms with van der Waals surface area (Å²) >= 11 is 6.81. The molecule has 4 nitrogen and oxygen atoms in total. The van der Waals surface area contributed by atoms with Crippen molar-refractivity contribution in [3.05, 3.63) is 40.2 Å². The van der Waals surface area contributed by atoms with Gasteiger partial charge in [0.1, 0.15) is 9.96 Å². The molecule has 0 fully saturated rings. The molecule has 0 aliphatic carbocycles. The third kappa shape index (κ3) is 2.63. The molecular formula is C13H12ClNO3S2. The molecule has 106 valence electrons. The van der Waals surface area contributed by atoms with Gasteiger partial charge in [-0.2, -0.15) is 0 Å². The van der Waals surface area contributed by atoms with Crippen LogP contribution in [0.3, 0.4) is 0 Å². The van der Waals surface area contributed by atoms with E-state index in [2.05, 4.69) is 4.72 Å². The molecule has 3 rings (SSSR count). The van der Waals surface area contributed by atoms with Gasteiger partial charge in [-0.05, 0) is 36.6 Å². The van der Waals surface area contributed by atoms with E-state index < -0.39 is 10.0 Å². The number of sulfonamides is 1. The summed E-state index contributed by atoms with van der Waals surface area (Å²) in [6.45, 7) is 0.608. The second-order valence-corrected chi connectivity index (χ2v) is 8.03. The number of aryl methyl sites for hydroxylation is 1. The van der Waals surface area contributed by atoms with Crippen LogP contribution in [0.5, 0.6) is 5.75 Å².